The summed E-state index contributed by atoms with van der Waals surface area (Å²) < 4.78 is 0. The maximum atomic E-state index is 6.21. The van der Waals surface area contributed by atoms with Crippen molar-refractivity contribution in [2.75, 3.05) is 11.9 Å². The Labute approximate surface area is 186 Å². The van der Waals surface area contributed by atoms with Crippen molar-refractivity contribution in [3.05, 3.63) is 125 Å². The molecule has 4 aromatic rings. The molecule has 4 aromatic carbocycles. The molecule has 0 amide bonds. The van der Waals surface area contributed by atoms with Gasteiger partial charge in [0.1, 0.15) is 0 Å². The van der Waals surface area contributed by atoms with Crippen LogP contribution >= 0.6 is 23.4 Å². The van der Waals surface area contributed by atoms with Crippen molar-refractivity contribution in [3.63, 3.8) is 0 Å². The van der Waals surface area contributed by atoms with Crippen LogP contribution in [0.1, 0.15) is 16.7 Å². The lowest BCUT2D eigenvalue weighted by Crippen LogP contribution is -2.18. The smallest absolute Gasteiger partial charge is 0.0488 e. The normalized spacial score (nSPS) is 12.3. The summed E-state index contributed by atoms with van der Waals surface area (Å²) >= 11 is 8.01. The summed E-state index contributed by atoms with van der Waals surface area (Å²) in [5.41, 5.74) is 7.34. The van der Waals surface area contributed by atoms with E-state index < -0.39 is 0 Å². The highest BCUT2D eigenvalue weighted by Gasteiger charge is 2.27. The summed E-state index contributed by atoms with van der Waals surface area (Å²) in [5, 5.41) is 0.747. The van der Waals surface area contributed by atoms with Gasteiger partial charge in [-0.25, -0.2) is 0 Å². The first-order valence-corrected chi connectivity index (χ1v) is 11.1. The Kier molecular flexibility index (Phi) is 5.12. The third kappa shape index (κ3) is 3.43. The topological polar surface area (TPSA) is 3.24 Å². The molecule has 0 saturated heterocycles. The van der Waals surface area contributed by atoms with Gasteiger partial charge in [-0.2, -0.15) is 0 Å². The second kappa shape index (κ2) is 8.06. The maximum absolute atomic E-state index is 6.21. The quantitative estimate of drug-likeness (QED) is 0.305. The maximum Gasteiger partial charge on any atom is 0.0488 e. The lowest BCUT2D eigenvalue weighted by molar-refractivity contribution is 1.17. The predicted molar refractivity (Wildman–Crippen MR) is 131 cm³/mol. The third-order valence-electron chi connectivity index (χ3n) is 5.37. The van der Waals surface area contributed by atoms with Crippen molar-refractivity contribution in [1.29, 1.82) is 0 Å². The minimum absolute atomic E-state index is 0.747. The zero-order chi connectivity index (χ0) is 20.5. The molecule has 0 saturated carbocycles. The predicted octanol–water partition coefficient (Wildman–Crippen LogP) is 8.13. The van der Waals surface area contributed by atoms with Gasteiger partial charge in [0.15, 0.2) is 0 Å². The Morgan fingerprint density at radius 3 is 1.80 bits per heavy atom. The first-order valence-electron chi connectivity index (χ1n) is 9.88. The summed E-state index contributed by atoms with van der Waals surface area (Å²) in [6, 6.07) is 36.0. The van der Waals surface area contributed by atoms with Crippen molar-refractivity contribution in [2.45, 2.75) is 4.90 Å². The molecule has 1 nitrogen and oxygen atoms in total. The van der Waals surface area contributed by atoms with Gasteiger partial charge in [0, 0.05) is 49.9 Å². The van der Waals surface area contributed by atoms with E-state index in [1.54, 1.807) is 11.8 Å². The molecule has 5 rings (SSSR count). The molecule has 0 fully saturated rings. The second-order valence-corrected chi connectivity index (χ2v) is 8.74. The Morgan fingerprint density at radius 1 is 0.667 bits per heavy atom. The molecule has 0 atom stereocenters. The van der Waals surface area contributed by atoms with Crippen molar-refractivity contribution in [1.82, 2.24) is 0 Å². The number of thioether (sulfide) groups is 1. The molecule has 0 aliphatic carbocycles. The van der Waals surface area contributed by atoms with Gasteiger partial charge < -0.3 is 4.90 Å². The molecule has 146 valence electrons. The van der Waals surface area contributed by atoms with E-state index >= 15 is 0 Å². The van der Waals surface area contributed by atoms with Crippen LogP contribution in [0.2, 0.25) is 5.02 Å². The van der Waals surface area contributed by atoms with Gasteiger partial charge in [-0.3, -0.25) is 0 Å². The Bertz CT molecular complexity index is 1180. The van der Waals surface area contributed by atoms with Crippen LogP contribution < -0.4 is 4.90 Å². The SMILES string of the molecule is CN1c2ccccc2C(=C(Sc2ccccc2)c2ccc(Cl)cc2)c2ccccc21. The fourth-order valence-electron chi connectivity index (χ4n) is 3.94. The lowest BCUT2D eigenvalue weighted by Gasteiger charge is -2.33. The van der Waals surface area contributed by atoms with Crippen LogP contribution in [-0.4, -0.2) is 7.05 Å². The Hall–Kier alpha value is -2.94. The Balaban J connectivity index is 1.83. The van der Waals surface area contributed by atoms with Crippen molar-refractivity contribution >= 4 is 45.2 Å². The highest BCUT2D eigenvalue weighted by molar-refractivity contribution is 8.08. The highest BCUT2D eigenvalue weighted by atomic mass is 35.5. The number of anilines is 2. The van der Waals surface area contributed by atoms with Crippen LogP contribution in [0.15, 0.2) is 108 Å². The molecule has 1 aliphatic rings. The number of hydrogen-bond donors (Lipinski definition) is 0. The zero-order valence-electron chi connectivity index (χ0n) is 16.5. The first kappa shape index (κ1) is 19.0. The fourth-order valence-corrected chi connectivity index (χ4v) is 5.17. The average molecular weight is 426 g/mol. The zero-order valence-corrected chi connectivity index (χ0v) is 18.1. The molecular weight excluding hydrogens is 406 g/mol. The number of rotatable bonds is 3. The van der Waals surface area contributed by atoms with Gasteiger partial charge in [0.25, 0.3) is 0 Å². The number of hydrogen-bond acceptors (Lipinski definition) is 2. The molecule has 0 radical (unpaired) electrons. The highest BCUT2D eigenvalue weighted by Crippen LogP contribution is 2.50. The van der Waals surface area contributed by atoms with Gasteiger partial charge in [0.05, 0.1) is 0 Å². The number of fused-ring (bicyclic) bond motifs is 2. The molecule has 3 heteroatoms. The molecule has 0 unspecified atom stereocenters. The van der Waals surface area contributed by atoms with Crippen molar-refractivity contribution < 1.29 is 0 Å². The summed E-state index contributed by atoms with van der Waals surface area (Å²) in [4.78, 5) is 4.72. The third-order valence-corrected chi connectivity index (χ3v) is 6.77. The number of nitrogens with zero attached hydrogens (tertiary/aromatic N) is 1. The van der Waals surface area contributed by atoms with E-state index in [0.717, 1.165) is 10.6 Å². The van der Waals surface area contributed by atoms with Crippen LogP contribution in [0, 0.1) is 0 Å². The molecule has 0 spiro atoms. The average Bonchev–Trinajstić information content (AvgIpc) is 2.80. The van der Waals surface area contributed by atoms with Crippen molar-refractivity contribution in [2.24, 2.45) is 0 Å². The van der Waals surface area contributed by atoms with Gasteiger partial charge in [-0.15, -0.1) is 0 Å². The van der Waals surface area contributed by atoms with Gasteiger partial charge in [0.2, 0.25) is 0 Å². The molecule has 1 heterocycles. The standard InChI is InChI=1S/C27H20ClNS/c1-29-24-13-7-5-11-22(24)26(23-12-6-8-14-25(23)29)27(19-15-17-20(28)18-16-19)30-21-9-3-2-4-10-21/h2-18H,1H3. The molecule has 30 heavy (non-hydrogen) atoms. The monoisotopic (exact) mass is 425 g/mol. The van der Waals surface area contributed by atoms with E-state index in [1.807, 2.05) is 12.1 Å². The van der Waals surface area contributed by atoms with Gasteiger partial charge in [-0.05, 0) is 42.0 Å². The second-order valence-electron chi connectivity index (χ2n) is 7.22. The van der Waals surface area contributed by atoms with Crippen LogP contribution in [0.4, 0.5) is 11.4 Å². The van der Waals surface area contributed by atoms with E-state index in [-0.39, 0.29) is 0 Å². The van der Waals surface area contributed by atoms with E-state index in [2.05, 4.69) is 103 Å². The first-order chi connectivity index (χ1) is 14.7. The summed E-state index contributed by atoms with van der Waals surface area (Å²) in [7, 11) is 2.14. The lowest BCUT2D eigenvalue weighted by atomic mass is 9.89. The largest absolute Gasteiger partial charge is 0.344 e. The molecular formula is C27H20ClNS. The van der Waals surface area contributed by atoms with E-state index in [9.17, 15) is 0 Å². The van der Waals surface area contributed by atoms with E-state index in [1.165, 1.54) is 37.9 Å². The van der Waals surface area contributed by atoms with Crippen molar-refractivity contribution in [3.8, 4) is 0 Å². The minimum Gasteiger partial charge on any atom is -0.344 e. The number of halogens is 1. The molecule has 0 bridgehead atoms. The van der Waals surface area contributed by atoms with Crippen LogP contribution in [0.25, 0.3) is 10.5 Å². The van der Waals surface area contributed by atoms with Gasteiger partial charge in [-0.1, -0.05) is 90.1 Å². The summed E-state index contributed by atoms with van der Waals surface area (Å²) in [5.74, 6) is 0. The van der Waals surface area contributed by atoms with Crippen LogP contribution in [0.5, 0.6) is 0 Å². The summed E-state index contributed by atoms with van der Waals surface area (Å²) in [6.07, 6.45) is 0. The van der Waals surface area contributed by atoms with E-state index in [4.69, 9.17) is 11.6 Å². The fraction of sp³-hybridized carbons (Fsp3) is 0.0370. The van der Waals surface area contributed by atoms with E-state index in [0.29, 0.717) is 0 Å². The number of benzene rings is 4. The molecule has 1 aliphatic heterocycles. The van der Waals surface area contributed by atoms with Gasteiger partial charge >= 0.3 is 0 Å². The number of para-hydroxylation sites is 2. The Morgan fingerprint density at radius 2 is 1.20 bits per heavy atom. The molecule has 0 N–H and O–H groups in total. The molecule has 0 aromatic heterocycles. The van der Waals surface area contributed by atoms with Crippen LogP contribution in [-0.2, 0) is 0 Å². The summed E-state index contributed by atoms with van der Waals surface area (Å²) in [6.45, 7) is 0. The van der Waals surface area contributed by atoms with Crippen LogP contribution in [0.3, 0.4) is 0 Å². The minimum atomic E-state index is 0.747.